The molecular formula is C17H21F3N2O3S. The highest BCUT2D eigenvalue weighted by molar-refractivity contribution is 7.89. The number of carbonyl (C=O) groups excluding carboxylic acids is 1. The first-order valence-electron chi connectivity index (χ1n) is 8.70. The van der Waals surface area contributed by atoms with Gasteiger partial charge in [-0.3, -0.25) is 4.79 Å². The van der Waals surface area contributed by atoms with Gasteiger partial charge in [-0.05, 0) is 37.8 Å². The van der Waals surface area contributed by atoms with Crippen molar-refractivity contribution >= 4 is 15.9 Å². The Kier molecular flexibility index (Phi) is 5.30. The van der Waals surface area contributed by atoms with Crippen LogP contribution >= 0.6 is 0 Å². The Labute approximate surface area is 150 Å². The zero-order valence-electron chi connectivity index (χ0n) is 14.2. The number of alkyl halides is 3. The van der Waals surface area contributed by atoms with Gasteiger partial charge in [-0.1, -0.05) is 18.6 Å². The van der Waals surface area contributed by atoms with E-state index in [4.69, 9.17) is 0 Å². The van der Waals surface area contributed by atoms with E-state index in [2.05, 4.69) is 0 Å². The fourth-order valence-electron chi connectivity index (χ4n) is 3.64. The molecule has 0 radical (unpaired) electrons. The third-order valence-corrected chi connectivity index (χ3v) is 6.90. The molecule has 0 N–H and O–H groups in total. The Morgan fingerprint density at radius 3 is 2.27 bits per heavy atom. The minimum atomic E-state index is -4.78. The van der Waals surface area contributed by atoms with Gasteiger partial charge >= 0.3 is 6.18 Å². The Hall–Kier alpha value is -1.61. The number of nitrogens with zero attached hydrogens (tertiary/aromatic N) is 2. The molecule has 0 bridgehead atoms. The van der Waals surface area contributed by atoms with Crippen molar-refractivity contribution in [2.75, 3.05) is 19.6 Å². The summed E-state index contributed by atoms with van der Waals surface area (Å²) in [6, 6.07) is 3.22. The van der Waals surface area contributed by atoms with Gasteiger partial charge in [0.1, 0.15) is 6.04 Å². The van der Waals surface area contributed by atoms with Crippen LogP contribution in [-0.4, -0.2) is 49.2 Å². The maximum Gasteiger partial charge on any atom is 0.417 e. The smallest absolute Gasteiger partial charge is 0.341 e. The molecule has 9 heteroatoms. The Morgan fingerprint density at radius 1 is 1.00 bits per heavy atom. The zero-order valence-corrected chi connectivity index (χ0v) is 15.0. The van der Waals surface area contributed by atoms with Crippen LogP contribution in [0.4, 0.5) is 13.2 Å². The predicted octanol–water partition coefficient (Wildman–Crippen LogP) is 2.87. The lowest BCUT2D eigenvalue weighted by Crippen LogP contribution is -2.52. The summed E-state index contributed by atoms with van der Waals surface area (Å²) >= 11 is 0. The zero-order chi connectivity index (χ0) is 18.9. The third kappa shape index (κ3) is 3.59. The molecule has 1 unspecified atom stereocenters. The molecule has 3 rings (SSSR count). The largest absolute Gasteiger partial charge is 0.417 e. The summed E-state index contributed by atoms with van der Waals surface area (Å²) in [5.41, 5.74) is -1.20. The number of carbonyl (C=O) groups is 1. The first-order valence-corrected chi connectivity index (χ1v) is 10.1. The fraction of sp³-hybridized carbons (Fsp3) is 0.588. The first kappa shape index (κ1) is 19.2. The van der Waals surface area contributed by atoms with Crippen LogP contribution in [0.1, 0.15) is 37.7 Å². The SMILES string of the molecule is O=C(C1CCCCN1S(=O)(=O)c1ccccc1C(F)(F)F)N1CCCC1. The Balaban J connectivity index is 1.98. The minimum Gasteiger partial charge on any atom is -0.341 e. The van der Waals surface area contributed by atoms with Crippen LogP contribution in [0, 0.1) is 0 Å². The highest BCUT2D eigenvalue weighted by Crippen LogP contribution is 2.36. The van der Waals surface area contributed by atoms with E-state index in [9.17, 15) is 26.4 Å². The van der Waals surface area contributed by atoms with Gasteiger partial charge in [0.2, 0.25) is 15.9 Å². The number of likely N-dealkylation sites (tertiary alicyclic amines) is 1. The van der Waals surface area contributed by atoms with Gasteiger partial charge in [0.05, 0.1) is 10.5 Å². The van der Waals surface area contributed by atoms with Crippen LogP contribution < -0.4 is 0 Å². The maximum atomic E-state index is 13.3. The molecule has 5 nitrogen and oxygen atoms in total. The van der Waals surface area contributed by atoms with Gasteiger partial charge < -0.3 is 4.90 Å². The molecule has 0 aromatic heterocycles. The summed E-state index contributed by atoms with van der Waals surface area (Å²) in [4.78, 5) is 13.6. The molecule has 26 heavy (non-hydrogen) atoms. The van der Waals surface area contributed by atoms with Crippen LogP contribution in [0.25, 0.3) is 0 Å². The van der Waals surface area contributed by atoms with Crippen molar-refractivity contribution in [1.82, 2.24) is 9.21 Å². The number of piperidine rings is 1. The van der Waals surface area contributed by atoms with E-state index in [1.165, 1.54) is 6.07 Å². The quantitative estimate of drug-likeness (QED) is 0.798. The van der Waals surface area contributed by atoms with Crippen molar-refractivity contribution < 1.29 is 26.4 Å². The summed E-state index contributed by atoms with van der Waals surface area (Å²) in [7, 11) is -4.43. The van der Waals surface area contributed by atoms with Crippen LogP contribution in [0.2, 0.25) is 0 Å². The average Bonchev–Trinajstić information content (AvgIpc) is 3.15. The fourth-order valence-corrected chi connectivity index (χ4v) is 5.50. The molecule has 0 saturated carbocycles. The van der Waals surface area contributed by atoms with E-state index in [-0.39, 0.29) is 12.5 Å². The van der Waals surface area contributed by atoms with Gasteiger partial charge in [-0.15, -0.1) is 0 Å². The molecular weight excluding hydrogens is 369 g/mol. The summed E-state index contributed by atoms with van der Waals surface area (Å²) in [5.74, 6) is -0.296. The molecule has 144 valence electrons. The van der Waals surface area contributed by atoms with Crippen LogP contribution in [0.3, 0.4) is 0 Å². The summed E-state index contributed by atoms with van der Waals surface area (Å²) in [6.07, 6.45) is -1.52. The Morgan fingerprint density at radius 2 is 1.62 bits per heavy atom. The van der Waals surface area contributed by atoms with Gasteiger partial charge in [0.25, 0.3) is 0 Å². The lowest BCUT2D eigenvalue weighted by atomic mass is 10.0. The average molecular weight is 390 g/mol. The molecule has 1 aromatic rings. The maximum absolute atomic E-state index is 13.3. The number of rotatable bonds is 3. The second-order valence-corrected chi connectivity index (χ2v) is 8.51. The van der Waals surface area contributed by atoms with E-state index < -0.39 is 32.7 Å². The van der Waals surface area contributed by atoms with Gasteiger partial charge in [-0.2, -0.15) is 17.5 Å². The minimum absolute atomic E-state index is 0.0543. The van der Waals surface area contributed by atoms with Gasteiger partial charge in [-0.25, -0.2) is 8.42 Å². The Bertz CT molecular complexity index is 774. The first-order chi connectivity index (χ1) is 12.2. The van der Waals surface area contributed by atoms with E-state index in [1.807, 2.05) is 0 Å². The number of sulfonamides is 1. The predicted molar refractivity (Wildman–Crippen MR) is 88.8 cm³/mol. The van der Waals surface area contributed by atoms with Crippen LogP contribution in [0.15, 0.2) is 29.2 Å². The van der Waals surface area contributed by atoms with Crippen molar-refractivity contribution in [2.24, 2.45) is 0 Å². The molecule has 2 aliphatic rings. The number of halogens is 3. The van der Waals surface area contributed by atoms with E-state index >= 15 is 0 Å². The number of hydrogen-bond acceptors (Lipinski definition) is 3. The molecule has 2 heterocycles. The third-order valence-electron chi connectivity index (χ3n) is 4.94. The summed E-state index contributed by atoms with van der Waals surface area (Å²) < 4.78 is 66.9. The van der Waals surface area contributed by atoms with Crippen molar-refractivity contribution in [3.05, 3.63) is 29.8 Å². The van der Waals surface area contributed by atoms with Crippen LogP contribution in [-0.2, 0) is 21.0 Å². The molecule has 1 aromatic carbocycles. The number of amides is 1. The molecule has 0 aliphatic carbocycles. The topological polar surface area (TPSA) is 57.7 Å². The van der Waals surface area contributed by atoms with Crippen molar-refractivity contribution in [2.45, 2.75) is 49.2 Å². The van der Waals surface area contributed by atoms with E-state index in [1.54, 1.807) is 4.90 Å². The number of benzene rings is 1. The second kappa shape index (κ2) is 7.19. The second-order valence-electron chi connectivity index (χ2n) is 6.65. The molecule has 2 fully saturated rings. The lowest BCUT2D eigenvalue weighted by Gasteiger charge is -2.36. The van der Waals surface area contributed by atoms with Gasteiger partial charge in [0.15, 0.2) is 0 Å². The molecule has 0 spiro atoms. The summed E-state index contributed by atoms with van der Waals surface area (Å²) in [6.45, 7) is 1.20. The lowest BCUT2D eigenvalue weighted by molar-refractivity contribution is -0.139. The van der Waals surface area contributed by atoms with E-state index in [0.717, 1.165) is 35.3 Å². The normalized spacial score (nSPS) is 22.6. The standard InChI is InChI=1S/C17H21F3N2O3S/c18-17(19,20)13-7-1-2-9-15(13)26(24,25)22-12-4-3-8-14(22)16(23)21-10-5-6-11-21/h1-2,7,9,14H,3-6,8,10-12H2. The van der Waals surface area contributed by atoms with Crippen molar-refractivity contribution in [3.8, 4) is 0 Å². The number of hydrogen-bond donors (Lipinski definition) is 0. The van der Waals surface area contributed by atoms with Crippen molar-refractivity contribution in [3.63, 3.8) is 0 Å². The molecule has 1 atom stereocenters. The molecule has 2 aliphatic heterocycles. The summed E-state index contributed by atoms with van der Waals surface area (Å²) in [5, 5.41) is 0. The van der Waals surface area contributed by atoms with Crippen molar-refractivity contribution in [1.29, 1.82) is 0 Å². The highest BCUT2D eigenvalue weighted by atomic mass is 32.2. The monoisotopic (exact) mass is 390 g/mol. The highest BCUT2D eigenvalue weighted by Gasteiger charge is 2.44. The van der Waals surface area contributed by atoms with Crippen LogP contribution in [0.5, 0.6) is 0 Å². The van der Waals surface area contributed by atoms with Gasteiger partial charge in [0, 0.05) is 19.6 Å². The van der Waals surface area contributed by atoms with E-state index in [0.29, 0.717) is 32.4 Å². The molecule has 1 amide bonds. The molecule has 2 saturated heterocycles.